The van der Waals surface area contributed by atoms with Crippen molar-refractivity contribution in [3.63, 3.8) is 0 Å². The number of ether oxygens (including phenoxy) is 1. The second kappa shape index (κ2) is 11.1. The molecule has 0 radical (unpaired) electrons. The summed E-state index contributed by atoms with van der Waals surface area (Å²) >= 11 is 2.77. The van der Waals surface area contributed by atoms with Crippen LogP contribution < -0.4 is 10.1 Å². The van der Waals surface area contributed by atoms with Crippen LogP contribution in [0.25, 0.3) is 0 Å². The molecule has 0 saturated heterocycles. The first kappa shape index (κ1) is 22.9. The number of H-pyrrole nitrogens is 1. The average Bonchev–Trinajstić information content (AvgIpc) is 3.45. The zero-order valence-electron chi connectivity index (χ0n) is 18.3. The minimum Gasteiger partial charge on any atom is -0.490 e. The van der Waals surface area contributed by atoms with E-state index in [0.717, 1.165) is 17.7 Å². The molecule has 0 bridgehead atoms. The molecule has 8 nitrogen and oxygen atoms in total. The second-order valence-electron chi connectivity index (χ2n) is 7.36. The van der Waals surface area contributed by atoms with Gasteiger partial charge in [0, 0.05) is 29.6 Å². The van der Waals surface area contributed by atoms with E-state index < -0.39 is 0 Å². The first-order chi connectivity index (χ1) is 16.1. The van der Waals surface area contributed by atoms with Crippen LogP contribution in [0.4, 0.5) is 5.13 Å². The Morgan fingerprint density at radius 3 is 2.79 bits per heavy atom. The van der Waals surface area contributed by atoms with Gasteiger partial charge in [0.15, 0.2) is 10.3 Å². The smallest absolute Gasteiger partial charge is 0.232 e. The van der Waals surface area contributed by atoms with Crippen LogP contribution in [0.5, 0.6) is 5.75 Å². The topological polar surface area (TPSA) is 106 Å². The van der Waals surface area contributed by atoms with Gasteiger partial charge < -0.3 is 10.1 Å². The highest BCUT2D eigenvalue weighted by molar-refractivity contribution is 7.99. The van der Waals surface area contributed by atoms with Gasteiger partial charge in [-0.25, -0.2) is 15.0 Å². The van der Waals surface area contributed by atoms with Gasteiger partial charge in [-0.3, -0.25) is 9.89 Å². The number of nitrogens with zero attached hydrogens (tertiary/aromatic N) is 4. The number of aryl methyl sites for hydroxylation is 1. The number of anilines is 1. The standard InChI is InChI=1S/C23H24N6O2S2/c1-3-18(9-16-7-5-4-6-8-16)31-19-10-17(11-20(30)28-22-24-13-15(2)32-22)27-21(12-19)33-23-25-14-26-29-23/h4-8,10,12-14,18H,3,9,11H2,1-2H3,(H,24,28,30)(H,25,26,29)/t18-/m0/s1. The Hall–Kier alpha value is -3.24. The van der Waals surface area contributed by atoms with Crippen molar-refractivity contribution in [1.82, 2.24) is 25.1 Å². The number of hydrogen-bond donors (Lipinski definition) is 2. The van der Waals surface area contributed by atoms with Crippen LogP contribution in [0, 0.1) is 6.92 Å². The van der Waals surface area contributed by atoms with E-state index in [1.807, 2.05) is 37.3 Å². The molecular weight excluding hydrogens is 456 g/mol. The van der Waals surface area contributed by atoms with Gasteiger partial charge in [-0.1, -0.05) is 37.3 Å². The summed E-state index contributed by atoms with van der Waals surface area (Å²) < 4.78 is 6.33. The maximum absolute atomic E-state index is 12.6. The van der Waals surface area contributed by atoms with E-state index in [-0.39, 0.29) is 18.4 Å². The van der Waals surface area contributed by atoms with Gasteiger partial charge in [0.1, 0.15) is 23.2 Å². The molecule has 4 aromatic rings. The molecule has 3 heterocycles. The molecule has 1 atom stereocenters. The largest absolute Gasteiger partial charge is 0.490 e. The predicted molar refractivity (Wildman–Crippen MR) is 129 cm³/mol. The van der Waals surface area contributed by atoms with Gasteiger partial charge in [0.25, 0.3) is 0 Å². The molecule has 0 aliphatic heterocycles. The number of benzene rings is 1. The van der Waals surface area contributed by atoms with E-state index in [9.17, 15) is 4.79 Å². The average molecular weight is 481 g/mol. The molecule has 1 aromatic carbocycles. The number of aromatic amines is 1. The first-order valence-electron chi connectivity index (χ1n) is 10.5. The Kier molecular flexibility index (Phi) is 7.69. The molecule has 0 saturated carbocycles. The van der Waals surface area contributed by atoms with Gasteiger partial charge >= 0.3 is 0 Å². The summed E-state index contributed by atoms with van der Waals surface area (Å²) in [7, 11) is 0. The van der Waals surface area contributed by atoms with Gasteiger partial charge in [-0.15, -0.1) is 11.3 Å². The van der Waals surface area contributed by atoms with Gasteiger partial charge in [0.05, 0.1) is 12.1 Å². The highest BCUT2D eigenvalue weighted by Crippen LogP contribution is 2.28. The second-order valence-corrected chi connectivity index (χ2v) is 9.61. The molecule has 170 valence electrons. The number of amides is 1. The Balaban J connectivity index is 1.52. The lowest BCUT2D eigenvalue weighted by Gasteiger charge is -2.19. The normalized spacial score (nSPS) is 11.8. The lowest BCUT2D eigenvalue weighted by Crippen LogP contribution is -2.19. The third-order valence-corrected chi connectivity index (χ3v) is 6.33. The quantitative estimate of drug-likeness (QED) is 0.339. The van der Waals surface area contributed by atoms with Gasteiger partial charge in [-0.05, 0) is 30.7 Å². The van der Waals surface area contributed by atoms with Gasteiger partial charge in [-0.2, -0.15) is 5.10 Å². The number of carbonyl (C=O) groups is 1. The van der Waals surface area contributed by atoms with Crippen molar-refractivity contribution >= 4 is 34.1 Å². The Bertz CT molecular complexity index is 1180. The fourth-order valence-electron chi connectivity index (χ4n) is 3.17. The van der Waals surface area contributed by atoms with Crippen molar-refractivity contribution in [2.24, 2.45) is 0 Å². The van der Waals surface area contributed by atoms with Crippen LogP contribution in [0.3, 0.4) is 0 Å². The highest BCUT2D eigenvalue weighted by atomic mass is 32.2. The zero-order valence-corrected chi connectivity index (χ0v) is 19.9. The summed E-state index contributed by atoms with van der Waals surface area (Å²) in [6.07, 6.45) is 4.93. The lowest BCUT2D eigenvalue weighted by molar-refractivity contribution is -0.115. The van der Waals surface area contributed by atoms with E-state index in [2.05, 4.69) is 49.5 Å². The molecular formula is C23H24N6O2S2. The molecule has 0 unspecified atom stereocenters. The SMILES string of the molecule is CC[C@@H](Cc1ccccc1)Oc1cc(CC(=O)Nc2ncc(C)s2)nc(Sc2ncn[nH]2)c1. The molecule has 0 spiro atoms. The minimum atomic E-state index is -0.180. The van der Waals surface area contributed by atoms with Crippen molar-refractivity contribution in [1.29, 1.82) is 0 Å². The van der Waals surface area contributed by atoms with Crippen molar-refractivity contribution in [3.8, 4) is 5.75 Å². The Morgan fingerprint density at radius 1 is 1.24 bits per heavy atom. The zero-order chi connectivity index (χ0) is 23.0. The molecule has 0 fully saturated rings. The number of pyridine rings is 1. The van der Waals surface area contributed by atoms with E-state index in [0.29, 0.717) is 26.8 Å². The molecule has 33 heavy (non-hydrogen) atoms. The molecule has 4 rings (SSSR count). The summed E-state index contributed by atoms with van der Waals surface area (Å²) in [6.45, 7) is 4.05. The fraction of sp³-hybridized carbons (Fsp3) is 0.261. The van der Waals surface area contributed by atoms with Crippen LogP contribution in [-0.4, -0.2) is 37.2 Å². The van der Waals surface area contributed by atoms with Gasteiger partial charge in [0.2, 0.25) is 5.91 Å². The van der Waals surface area contributed by atoms with E-state index in [1.54, 1.807) is 6.20 Å². The summed E-state index contributed by atoms with van der Waals surface area (Å²) in [6, 6.07) is 13.9. The predicted octanol–water partition coefficient (Wildman–Crippen LogP) is 4.70. The van der Waals surface area contributed by atoms with E-state index >= 15 is 0 Å². The number of aromatic nitrogens is 5. The Labute approximate surface area is 200 Å². The van der Waals surface area contributed by atoms with Crippen molar-refractivity contribution < 1.29 is 9.53 Å². The summed E-state index contributed by atoms with van der Waals surface area (Å²) in [5.41, 5.74) is 1.82. The third kappa shape index (κ3) is 6.87. The van der Waals surface area contributed by atoms with Crippen LogP contribution in [-0.2, 0) is 17.6 Å². The molecule has 2 N–H and O–H groups in total. The minimum absolute atomic E-state index is 0.00194. The summed E-state index contributed by atoms with van der Waals surface area (Å²) in [4.78, 5) is 26.6. The maximum atomic E-state index is 12.6. The van der Waals surface area contributed by atoms with Crippen LogP contribution in [0.1, 0.15) is 29.5 Å². The highest BCUT2D eigenvalue weighted by Gasteiger charge is 2.15. The number of nitrogens with one attached hydrogen (secondary N) is 2. The van der Waals surface area contributed by atoms with E-state index in [1.165, 1.54) is 35.0 Å². The van der Waals surface area contributed by atoms with E-state index in [4.69, 9.17) is 4.74 Å². The Morgan fingerprint density at radius 2 is 2.09 bits per heavy atom. The number of thiazole rings is 1. The van der Waals surface area contributed by atoms with Crippen LogP contribution in [0.2, 0.25) is 0 Å². The number of rotatable bonds is 10. The van der Waals surface area contributed by atoms with Crippen molar-refractivity contribution in [2.75, 3.05) is 5.32 Å². The third-order valence-electron chi connectivity index (χ3n) is 4.70. The molecule has 1 amide bonds. The number of carbonyl (C=O) groups excluding carboxylic acids is 1. The monoisotopic (exact) mass is 480 g/mol. The molecule has 10 heteroatoms. The molecule has 0 aliphatic rings. The number of hydrogen-bond acceptors (Lipinski definition) is 8. The fourth-order valence-corrected chi connectivity index (χ4v) is 4.58. The summed E-state index contributed by atoms with van der Waals surface area (Å²) in [5.74, 6) is 0.489. The maximum Gasteiger partial charge on any atom is 0.232 e. The lowest BCUT2D eigenvalue weighted by atomic mass is 10.1. The van der Waals surface area contributed by atoms with Crippen molar-refractivity contribution in [2.45, 2.75) is 49.4 Å². The summed E-state index contributed by atoms with van der Waals surface area (Å²) in [5, 5.41) is 11.4. The van der Waals surface area contributed by atoms with Crippen LogP contribution >= 0.6 is 23.1 Å². The molecule has 0 aliphatic carbocycles. The van der Waals surface area contributed by atoms with Crippen molar-refractivity contribution in [3.05, 3.63) is 71.1 Å². The first-order valence-corrected chi connectivity index (χ1v) is 12.2. The van der Waals surface area contributed by atoms with Crippen LogP contribution in [0.15, 0.2) is 65.2 Å². The molecule has 3 aromatic heterocycles.